The zero-order valence-corrected chi connectivity index (χ0v) is 16.3. The molecule has 3 aromatic rings. The van der Waals surface area contributed by atoms with E-state index in [4.69, 9.17) is 0 Å². The zero-order valence-electron chi connectivity index (χ0n) is 15.5. The minimum atomic E-state index is -0.261. The van der Waals surface area contributed by atoms with Gasteiger partial charge in [0, 0.05) is 22.9 Å². The van der Waals surface area contributed by atoms with Crippen molar-refractivity contribution in [2.45, 2.75) is 12.8 Å². The molecule has 6 nitrogen and oxygen atoms in total. The van der Waals surface area contributed by atoms with Gasteiger partial charge in [0.15, 0.2) is 0 Å². The molecule has 146 valence electrons. The van der Waals surface area contributed by atoms with E-state index in [-0.39, 0.29) is 23.6 Å². The zero-order chi connectivity index (χ0) is 20.2. The van der Waals surface area contributed by atoms with E-state index in [1.54, 1.807) is 36.4 Å². The van der Waals surface area contributed by atoms with Crippen LogP contribution < -0.4 is 16.0 Å². The predicted octanol–water partition coefficient (Wildman–Crippen LogP) is 4.60. The summed E-state index contributed by atoms with van der Waals surface area (Å²) < 4.78 is 0. The third kappa shape index (κ3) is 4.89. The number of carbonyl (C=O) groups excluding carboxylic acids is 3. The molecule has 1 heterocycles. The van der Waals surface area contributed by atoms with Gasteiger partial charge in [-0.25, -0.2) is 0 Å². The second-order valence-electron chi connectivity index (χ2n) is 6.78. The lowest BCUT2D eigenvalue weighted by Gasteiger charge is -2.07. The number of amides is 3. The molecule has 0 spiro atoms. The van der Waals surface area contributed by atoms with Crippen LogP contribution in [0.3, 0.4) is 0 Å². The summed E-state index contributed by atoms with van der Waals surface area (Å²) in [5, 5.41) is 9.12. The van der Waals surface area contributed by atoms with Gasteiger partial charge in [-0.15, -0.1) is 11.3 Å². The van der Waals surface area contributed by atoms with Crippen LogP contribution in [0.5, 0.6) is 0 Å². The Kier molecular flexibility index (Phi) is 5.39. The highest BCUT2D eigenvalue weighted by Gasteiger charge is 2.29. The molecule has 1 aliphatic carbocycles. The number of benzene rings is 2. The van der Waals surface area contributed by atoms with E-state index >= 15 is 0 Å². The number of para-hydroxylation sites is 1. The molecule has 1 aliphatic rings. The molecular weight excluding hydrogens is 386 g/mol. The van der Waals surface area contributed by atoms with Crippen LogP contribution in [0.4, 0.5) is 16.4 Å². The Bertz CT molecular complexity index is 1040. The second kappa shape index (κ2) is 8.28. The fraction of sp³-hybridized carbons (Fsp3) is 0.136. The molecule has 3 N–H and O–H groups in total. The first-order valence-corrected chi connectivity index (χ1v) is 10.1. The maximum Gasteiger partial charge on any atom is 0.265 e. The van der Waals surface area contributed by atoms with Crippen LogP contribution in [0.2, 0.25) is 0 Å². The van der Waals surface area contributed by atoms with E-state index in [0.29, 0.717) is 21.1 Å². The first kappa shape index (κ1) is 18.9. The highest BCUT2D eigenvalue weighted by Crippen LogP contribution is 2.31. The van der Waals surface area contributed by atoms with Gasteiger partial charge in [0.1, 0.15) is 0 Å². The van der Waals surface area contributed by atoms with Crippen molar-refractivity contribution < 1.29 is 14.4 Å². The van der Waals surface area contributed by atoms with Crippen LogP contribution in [0.15, 0.2) is 66.7 Å². The largest absolute Gasteiger partial charge is 0.322 e. The van der Waals surface area contributed by atoms with Crippen LogP contribution in [0.25, 0.3) is 0 Å². The summed E-state index contributed by atoms with van der Waals surface area (Å²) in [6, 6.07) is 19.3. The van der Waals surface area contributed by atoms with E-state index in [2.05, 4.69) is 16.0 Å². The Balaban J connectivity index is 1.34. The normalized spacial score (nSPS) is 12.8. The third-order valence-corrected chi connectivity index (χ3v) is 5.46. The number of nitrogens with one attached hydrogen (secondary N) is 3. The molecule has 7 heteroatoms. The lowest BCUT2D eigenvalue weighted by atomic mass is 10.2. The van der Waals surface area contributed by atoms with Crippen molar-refractivity contribution in [2.24, 2.45) is 5.92 Å². The average molecular weight is 405 g/mol. The van der Waals surface area contributed by atoms with Crippen LogP contribution in [0.1, 0.15) is 32.9 Å². The van der Waals surface area contributed by atoms with Crippen molar-refractivity contribution in [2.75, 3.05) is 16.0 Å². The van der Waals surface area contributed by atoms with Crippen molar-refractivity contribution in [1.82, 2.24) is 0 Å². The highest BCUT2D eigenvalue weighted by atomic mass is 32.1. The molecule has 29 heavy (non-hydrogen) atoms. The smallest absolute Gasteiger partial charge is 0.265 e. The van der Waals surface area contributed by atoms with E-state index < -0.39 is 0 Å². The number of hydrogen-bond donors (Lipinski definition) is 3. The van der Waals surface area contributed by atoms with Crippen molar-refractivity contribution >= 4 is 45.4 Å². The molecule has 1 aromatic heterocycles. The molecule has 1 saturated carbocycles. The molecule has 4 rings (SSSR count). The van der Waals surface area contributed by atoms with Gasteiger partial charge in [-0.2, -0.15) is 0 Å². The Labute approximate surface area is 172 Å². The summed E-state index contributed by atoms with van der Waals surface area (Å²) >= 11 is 1.23. The molecule has 0 atom stereocenters. The lowest BCUT2D eigenvalue weighted by molar-refractivity contribution is -0.117. The van der Waals surface area contributed by atoms with Crippen LogP contribution in [-0.2, 0) is 4.79 Å². The fourth-order valence-corrected chi connectivity index (χ4v) is 3.52. The van der Waals surface area contributed by atoms with Gasteiger partial charge in [0.05, 0.1) is 9.88 Å². The Morgan fingerprint density at radius 1 is 0.724 bits per heavy atom. The summed E-state index contributed by atoms with van der Waals surface area (Å²) in [5.41, 5.74) is 1.80. The third-order valence-electron chi connectivity index (χ3n) is 4.46. The van der Waals surface area contributed by atoms with Crippen LogP contribution >= 0.6 is 11.3 Å². The summed E-state index contributed by atoms with van der Waals surface area (Å²) in [6.07, 6.45) is 1.87. The first-order chi connectivity index (χ1) is 14.1. The number of hydrogen-bond acceptors (Lipinski definition) is 4. The van der Waals surface area contributed by atoms with Gasteiger partial charge in [0.25, 0.3) is 11.8 Å². The molecular formula is C22H19N3O3S. The lowest BCUT2D eigenvalue weighted by Crippen LogP contribution is -2.13. The van der Waals surface area contributed by atoms with Crippen molar-refractivity contribution in [3.05, 3.63) is 77.2 Å². The second-order valence-corrected chi connectivity index (χ2v) is 7.86. The van der Waals surface area contributed by atoms with Crippen LogP contribution in [0, 0.1) is 5.92 Å². The molecule has 0 unspecified atom stereocenters. The van der Waals surface area contributed by atoms with Crippen molar-refractivity contribution in [3.8, 4) is 0 Å². The fourth-order valence-electron chi connectivity index (χ4n) is 2.72. The summed E-state index contributed by atoms with van der Waals surface area (Å²) in [5.74, 6) is -0.345. The molecule has 0 aliphatic heterocycles. The first-order valence-electron chi connectivity index (χ1n) is 9.27. The summed E-state index contributed by atoms with van der Waals surface area (Å²) in [4.78, 5) is 37.0. The standard InChI is InChI=1S/C22H19N3O3S/c26-20(23-16-4-2-1-3-5-16)15-8-10-17(11-9-15)24-22(28)18-12-13-19(29-18)25-21(27)14-6-7-14/h1-5,8-14H,6-7H2,(H,23,26)(H,24,28)(H,25,27). The van der Waals surface area contributed by atoms with Crippen molar-refractivity contribution in [1.29, 1.82) is 0 Å². The van der Waals surface area contributed by atoms with E-state index in [1.807, 2.05) is 30.3 Å². The highest BCUT2D eigenvalue weighted by molar-refractivity contribution is 7.18. The molecule has 3 amide bonds. The Hall–Kier alpha value is -3.45. The van der Waals surface area contributed by atoms with Gasteiger partial charge in [-0.1, -0.05) is 18.2 Å². The van der Waals surface area contributed by atoms with Crippen LogP contribution in [-0.4, -0.2) is 17.7 Å². The van der Waals surface area contributed by atoms with Gasteiger partial charge in [-0.05, 0) is 61.4 Å². The average Bonchev–Trinajstić information content (AvgIpc) is 3.48. The number of carbonyl (C=O) groups is 3. The minimum Gasteiger partial charge on any atom is -0.322 e. The van der Waals surface area contributed by atoms with Gasteiger partial charge in [-0.3, -0.25) is 14.4 Å². The number of anilines is 3. The van der Waals surface area contributed by atoms with Crippen molar-refractivity contribution in [3.63, 3.8) is 0 Å². The molecule has 0 radical (unpaired) electrons. The molecule has 0 saturated heterocycles. The SMILES string of the molecule is O=C(Nc1ccccc1)c1ccc(NC(=O)c2ccc(NC(=O)C3CC3)s2)cc1. The van der Waals surface area contributed by atoms with Gasteiger partial charge >= 0.3 is 0 Å². The monoisotopic (exact) mass is 405 g/mol. The van der Waals surface area contributed by atoms with Gasteiger partial charge in [0.2, 0.25) is 5.91 Å². The minimum absolute atomic E-state index is 0.0168. The Morgan fingerprint density at radius 2 is 1.38 bits per heavy atom. The van der Waals surface area contributed by atoms with Gasteiger partial charge < -0.3 is 16.0 Å². The van der Waals surface area contributed by atoms with E-state index in [9.17, 15) is 14.4 Å². The summed E-state index contributed by atoms with van der Waals surface area (Å²) in [6.45, 7) is 0. The number of thiophene rings is 1. The Morgan fingerprint density at radius 3 is 2.07 bits per heavy atom. The summed E-state index contributed by atoms with van der Waals surface area (Å²) in [7, 11) is 0. The maximum absolute atomic E-state index is 12.4. The molecule has 0 bridgehead atoms. The molecule has 1 fully saturated rings. The maximum atomic E-state index is 12.4. The number of rotatable bonds is 6. The molecule has 2 aromatic carbocycles. The quantitative estimate of drug-likeness (QED) is 0.560. The van der Waals surface area contributed by atoms with E-state index in [0.717, 1.165) is 18.5 Å². The van der Waals surface area contributed by atoms with E-state index in [1.165, 1.54) is 11.3 Å². The topological polar surface area (TPSA) is 87.3 Å². The predicted molar refractivity (Wildman–Crippen MR) is 114 cm³/mol.